The van der Waals surface area contributed by atoms with E-state index < -0.39 is 0 Å². The van der Waals surface area contributed by atoms with Crippen LogP contribution in [-0.4, -0.2) is 37.1 Å². The summed E-state index contributed by atoms with van der Waals surface area (Å²) in [7, 11) is 1.98. The summed E-state index contributed by atoms with van der Waals surface area (Å²) < 4.78 is 5.53. The zero-order valence-electron chi connectivity index (χ0n) is 10.5. The molecule has 0 aliphatic heterocycles. The summed E-state index contributed by atoms with van der Waals surface area (Å²) in [5.74, 6) is 1.39. The molecule has 1 aliphatic carbocycles. The van der Waals surface area contributed by atoms with E-state index in [4.69, 9.17) is 22.1 Å². The number of hydrogen-bond acceptors (Lipinski definition) is 2. The third-order valence-electron chi connectivity index (χ3n) is 2.90. The molecule has 0 spiro atoms. The van der Waals surface area contributed by atoms with E-state index in [2.05, 4.69) is 4.99 Å². The van der Waals surface area contributed by atoms with E-state index in [1.165, 1.54) is 12.8 Å². The van der Waals surface area contributed by atoms with Gasteiger partial charge in [-0.1, -0.05) is 11.6 Å². The molecule has 1 saturated carbocycles. The summed E-state index contributed by atoms with van der Waals surface area (Å²) in [6.07, 6.45) is 2.43. The Morgan fingerprint density at radius 1 is 1.44 bits per heavy atom. The standard InChI is InChI=1S/C13H18ClN3O/c1-17(11-4-5-11)13(15)16-8-9-18-12-6-2-10(14)3-7-12/h2-3,6-7,11H,4-5,8-9H2,1H3,(H2,15,16). The minimum absolute atomic E-state index is 0.515. The number of nitrogens with two attached hydrogens (primary N) is 1. The number of aliphatic imine (C=N–C) groups is 1. The van der Waals surface area contributed by atoms with Crippen molar-refractivity contribution in [3.05, 3.63) is 29.3 Å². The van der Waals surface area contributed by atoms with E-state index in [9.17, 15) is 0 Å². The number of nitrogens with zero attached hydrogens (tertiary/aromatic N) is 2. The molecule has 0 bridgehead atoms. The van der Waals surface area contributed by atoms with Crippen LogP contribution in [0.1, 0.15) is 12.8 Å². The fraction of sp³-hybridized carbons (Fsp3) is 0.462. The maximum atomic E-state index is 5.86. The van der Waals surface area contributed by atoms with Gasteiger partial charge in [0.1, 0.15) is 12.4 Å². The molecule has 0 heterocycles. The molecule has 98 valence electrons. The third-order valence-corrected chi connectivity index (χ3v) is 3.16. The molecule has 5 heteroatoms. The molecule has 1 aliphatic rings. The molecule has 2 rings (SSSR count). The van der Waals surface area contributed by atoms with Crippen molar-refractivity contribution in [2.45, 2.75) is 18.9 Å². The number of rotatable bonds is 5. The van der Waals surface area contributed by atoms with Gasteiger partial charge in [0, 0.05) is 18.1 Å². The maximum Gasteiger partial charge on any atom is 0.191 e. The van der Waals surface area contributed by atoms with E-state index in [-0.39, 0.29) is 0 Å². The van der Waals surface area contributed by atoms with Crippen molar-refractivity contribution >= 4 is 17.6 Å². The summed E-state index contributed by atoms with van der Waals surface area (Å²) >= 11 is 5.79. The lowest BCUT2D eigenvalue weighted by Gasteiger charge is -2.16. The quantitative estimate of drug-likeness (QED) is 0.505. The predicted octanol–water partition coefficient (Wildman–Crippen LogP) is 2.13. The lowest BCUT2D eigenvalue weighted by atomic mass is 10.3. The van der Waals surface area contributed by atoms with E-state index in [1.807, 2.05) is 24.1 Å². The highest BCUT2D eigenvalue weighted by atomic mass is 35.5. The largest absolute Gasteiger partial charge is 0.492 e. The fourth-order valence-corrected chi connectivity index (χ4v) is 1.74. The molecule has 18 heavy (non-hydrogen) atoms. The Balaban J connectivity index is 1.71. The van der Waals surface area contributed by atoms with Gasteiger partial charge in [-0.05, 0) is 37.1 Å². The number of hydrogen-bond donors (Lipinski definition) is 1. The first kappa shape index (κ1) is 13.0. The zero-order chi connectivity index (χ0) is 13.0. The van der Waals surface area contributed by atoms with E-state index >= 15 is 0 Å². The van der Waals surface area contributed by atoms with Gasteiger partial charge in [-0.2, -0.15) is 0 Å². The van der Waals surface area contributed by atoms with Gasteiger partial charge in [0.15, 0.2) is 5.96 Å². The average molecular weight is 268 g/mol. The molecule has 4 nitrogen and oxygen atoms in total. The minimum Gasteiger partial charge on any atom is -0.492 e. The Bertz CT molecular complexity index is 415. The second kappa shape index (κ2) is 5.96. The van der Waals surface area contributed by atoms with Gasteiger partial charge in [-0.3, -0.25) is 0 Å². The van der Waals surface area contributed by atoms with Gasteiger partial charge in [-0.15, -0.1) is 0 Å². The Hall–Kier alpha value is -1.42. The van der Waals surface area contributed by atoms with Crippen molar-refractivity contribution in [2.24, 2.45) is 10.7 Å². The van der Waals surface area contributed by atoms with Crippen LogP contribution in [0.25, 0.3) is 0 Å². The molecule has 1 fully saturated rings. The van der Waals surface area contributed by atoms with Crippen LogP contribution in [-0.2, 0) is 0 Å². The first-order chi connectivity index (χ1) is 8.66. The highest BCUT2D eigenvalue weighted by molar-refractivity contribution is 6.30. The molecule has 0 aromatic heterocycles. The highest BCUT2D eigenvalue weighted by Crippen LogP contribution is 2.24. The molecule has 2 N–H and O–H groups in total. The molecule has 0 unspecified atom stereocenters. The Morgan fingerprint density at radius 2 is 2.11 bits per heavy atom. The summed E-state index contributed by atoms with van der Waals surface area (Å²) in [6, 6.07) is 7.87. The third kappa shape index (κ3) is 3.81. The summed E-state index contributed by atoms with van der Waals surface area (Å²) in [5, 5.41) is 0.704. The SMILES string of the molecule is CN(C(N)=NCCOc1ccc(Cl)cc1)C1CC1. The van der Waals surface area contributed by atoms with Crippen molar-refractivity contribution in [3.63, 3.8) is 0 Å². The lowest BCUT2D eigenvalue weighted by Crippen LogP contribution is -2.36. The average Bonchev–Trinajstić information content (AvgIpc) is 3.20. The molecular formula is C13H18ClN3O. The van der Waals surface area contributed by atoms with E-state index in [0.717, 1.165) is 5.75 Å². The fourth-order valence-electron chi connectivity index (χ4n) is 1.61. The normalized spacial score (nSPS) is 15.6. The first-order valence-electron chi connectivity index (χ1n) is 6.08. The Morgan fingerprint density at radius 3 is 2.72 bits per heavy atom. The molecule has 1 aromatic rings. The molecule has 1 aromatic carbocycles. The van der Waals surface area contributed by atoms with Crippen molar-refractivity contribution in [3.8, 4) is 5.75 Å². The maximum absolute atomic E-state index is 5.86. The molecular weight excluding hydrogens is 250 g/mol. The van der Waals surface area contributed by atoms with Crippen LogP contribution in [0.3, 0.4) is 0 Å². The number of guanidine groups is 1. The monoisotopic (exact) mass is 267 g/mol. The predicted molar refractivity (Wildman–Crippen MR) is 74.2 cm³/mol. The lowest BCUT2D eigenvalue weighted by molar-refractivity contribution is 0.327. The second-order valence-corrected chi connectivity index (χ2v) is 4.82. The minimum atomic E-state index is 0.515. The summed E-state index contributed by atoms with van der Waals surface area (Å²) in [4.78, 5) is 6.32. The molecule has 0 atom stereocenters. The number of benzene rings is 1. The van der Waals surface area contributed by atoms with Gasteiger partial charge in [0.05, 0.1) is 6.54 Å². The molecule has 0 saturated heterocycles. The number of ether oxygens (including phenoxy) is 1. The van der Waals surface area contributed by atoms with Gasteiger partial charge in [0.2, 0.25) is 0 Å². The summed E-state index contributed by atoms with van der Waals surface area (Å²) in [5.41, 5.74) is 5.86. The Kier molecular flexibility index (Phi) is 4.31. The number of halogens is 1. The molecule has 0 radical (unpaired) electrons. The van der Waals surface area contributed by atoms with Crippen LogP contribution in [0.15, 0.2) is 29.3 Å². The van der Waals surface area contributed by atoms with Crippen molar-refractivity contribution < 1.29 is 4.74 Å². The first-order valence-corrected chi connectivity index (χ1v) is 6.46. The van der Waals surface area contributed by atoms with Crippen LogP contribution in [0.5, 0.6) is 5.75 Å². The van der Waals surface area contributed by atoms with Crippen molar-refractivity contribution in [1.29, 1.82) is 0 Å². The smallest absolute Gasteiger partial charge is 0.191 e. The Labute approximate surface area is 112 Å². The van der Waals surface area contributed by atoms with E-state index in [1.54, 1.807) is 12.1 Å². The van der Waals surface area contributed by atoms with Crippen LogP contribution < -0.4 is 10.5 Å². The van der Waals surface area contributed by atoms with Gasteiger partial charge >= 0.3 is 0 Å². The van der Waals surface area contributed by atoms with Gasteiger partial charge in [-0.25, -0.2) is 4.99 Å². The zero-order valence-corrected chi connectivity index (χ0v) is 11.2. The van der Waals surface area contributed by atoms with E-state index in [0.29, 0.717) is 30.2 Å². The van der Waals surface area contributed by atoms with Crippen LogP contribution >= 0.6 is 11.6 Å². The summed E-state index contributed by atoms with van der Waals surface area (Å²) in [6.45, 7) is 1.08. The topological polar surface area (TPSA) is 50.8 Å². The van der Waals surface area contributed by atoms with Gasteiger partial charge in [0.25, 0.3) is 0 Å². The van der Waals surface area contributed by atoms with Crippen LogP contribution in [0, 0.1) is 0 Å². The van der Waals surface area contributed by atoms with Gasteiger partial charge < -0.3 is 15.4 Å². The van der Waals surface area contributed by atoms with Crippen LogP contribution in [0.2, 0.25) is 5.02 Å². The van der Waals surface area contributed by atoms with Crippen molar-refractivity contribution in [2.75, 3.05) is 20.2 Å². The molecule has 0 amide bonds. The van der Waals surface area contributed by atoms with Crippen LogP contribution in [0.4, 0.5) is 0 Å². The second-order valence-electron chi connectivity index (χ2n) is 4.38. The van der Waals surface area contributed by atoms with Crippen molar-refractivity contribution in [1.82, 2.24) is 4.90 Å². The highest BCUT2D eigenvalue weighted by Gasteiger charge is 2.27.